The molecule has 26 heavy (non-hydrogen) atoms. The number of nitriles is 1. The molecule has 1 saturated heterocycles. The Labute approximate surface area is 159 Å². The van der Waals surface area contributed by atoms with Crippen molar-refractivity contribution in [2.75, 3.05) is 19.6 Å². The minimum atomic E-state index is -0.0354. The van der Waals surface area contributed by atoms with E-state index in [1.54, 1.807) is 12.1 Å². The van der Waals surface area contributed by atoms with Gasteiger partial charge in [0.2, 0.25) is 0 Å². The molecule has 5 heteroatoms. The molecule has 1 unspecified atom stereocenters. The fourth-order valence-corrected chi connectivity index (χ4v) is 4.38. The third-order valence-corrected chi connectivity index (χ3v) is 5.90. The van der Waals surface area contributed by atoms with Gasteiger partial charge in [-0.3, -0.25) is 4.90 Å². The third-order valence-electron chi connectivity index (χ3n) is 5.58. The molecule has 1 aliphatic heterocycles. The first kappa shape index (κ1) is 17.4. The lowest BCUT2D eigenvalue weighted by molar-refractivity contribution is 0.0917. The third kappa shape index (κ3) is 3.19. The topological polar surface area (TPSA) is 62.3 Å². The van der Waals surface area contributed by atoms with Crippen LogP contribution in [0.15, 0.2) is 42.5 Å². The van der Waals surface area contributed by atoms with Gasteiger partial charge in [-0.15, -0.1) is 0 Å². The molecule has 1 aliphatic carbocycles. The van der Waals surface area contributed by atoms with Crippen molar-refractivity contribution in [1.29, 1.82) is 5.26 Å². The summed E-state index contributed by atoms with van der Waals surface area (Å²) in [7, 11) is 0. The van der Waals surface area contributed by atoms with Crippen molar-refractivity contribution < 1.29 is 4.74 Å². The van der Waals surface area contributed by atoms with Crippen LogP contribution in [0.4, 0.5) is 0 Å². The van der Waals surface area contributed by atoms with Gasteiger partial charge in [0.25, 0.3) is 0 Å². The second kappa shape index (κ2) is 7.28. The highest BCUT2D eigenvalue weighted by molar-refractivity contribution is 6.31. The number of rotatable bonds is 4. The number of nitrogens with zero attached hydrogens (tertiary/aromatic N) is 2. The summed E-state index contributed by atoms with van der Waals surface area (Å²) in [5, 5.41) is 9.49. The molecule has 4 rings (SSSR count). The van der Waals surface area contributed by atoms with Gasteiger partial charge in [-0.1, -0.05) is 35.9 Å². The van der Waals surface area contributed by atoms with Crippen molar-refractivity contribution in [2.45, 2.75) is 25.0 Å². The molecule has 0 radical (unpaired) electrons. The van der Waals surface area contributed by atoms with Gasteiger partial charge in [0, 0.05) is 12.6 Å². The van der Waals surface area contributed by atoms with Crippen LogP contribution in [-0.4, -0.2) is 30.6 Å². The highest BCUT2D eigenvalue weighted by atomic mass is 35.5. The summed E-state index contributed by atoms with van der Waals surface area (Å²) in [5.74, 6) is 1.28. The maximum Gasteiger partial charge on any atom is 0.140 e. The Morgan fingerprint density at radius 3 is 2.85 bits per heavy atom. The normalized spacial score (nSPS) is 25.0. The second-order valence-electron chi connectivity index (χ2n) is 7.15. The van der Waals surface area contributed by atoms with Gasteiger partial charge < -0.3 is 10.5 Å². The Balaban J connectivity index is 1.62. The number of halogens is 1. The predicted molar refractivity (Wildman–Crippen MR) is 102 cm³/mol. The van der Waals surface area contributed by atoms with Gasteiger partial charge in [0.05, 0.1) is 16.6 Å². The molecule has 2 N–H and O–H groups in total. The van der Waals surface area contributed by atoms with E-state index in [-0.39, 0.29) is 6.10 Å². The van der Waals surface area contributed by atoms with E-state index in [9.17, 15) is 0 Å². The molecule has 2 aliphatic rings. The molecule has 2 aromatic rings. The molecule has 0 saturated carbocycles. The minimum absolute atomic E-state index is 0.0354. The maximum absolute atomic E-state index is 9.07. The zero-order valence-corrected chi connectivity index (χ0v) is 15.3. The molecular formula is C21H22ClN3O. The largest absolute Gasteiger partial charge is 0.484 e. The van der Waals surface area contributed by atoms with Crippen LogP contribution in [0.25, 0.3) is 0 Å². The number of benzene rings is 2. The lowest BCUT2D eigenvalue weighted by Crippen LogP contribution is -2.39. The zero-order chi connectivity index (χ0) is 18.1. The molecule has 0 aromatic heterocycles. The minimum Gasteiger partial charge on any atom is -0.484 e. The molecular weight excluding hydrogens is 346 g/mol. The average Bonchev–Trinajstić information content (AvgIpc) is 3.27. The average molecular weight is 368 g/mol. The number of ether oxygens (including phenoxy) is 1. The highest BCUT2D eigenvalue weighted by Crippen LogP contribution is 2.40. The summed E-state index contributed by atoms with van der Waals surface area (Å²) in [4.78, 5) is 2.52. The van der Waals surface area contributed by atoms with E-state index in [2.05, 4.69) is 35.2 Å². The standard InChI is InChI=1S/C21H22ClN3O/c22-19-10-17(6-5-16(19)12-24)26-21-18-4-2-1-3-15(18)9-20(21)25-8-7-14(11-23)13-25/h1-6,10,14,20-21H,7-9,11,13,23H2/t14?,20-,21-/m1/s1. The fourth-order valence-electron chi connectivity index (χ4n) is 4.16. The van der Waals surface area contributed by atoms with Crippen LogP contribution in [0, 0.1) is 17.2 Å². The summed E-state index contributed by atoms with van der Waals surface area (Å²) in [6.07, 6.45) is 2.10. The summed E-state index contributed by atoms with van der Waals surface area (Å²) in [5.41, 5.74) is 8.94. The Hall–Kier alpha value is -2.06. The van der Waals surface area contributed by atoms with Crippen LogP contribution in [0.3, 0.4) is 0 Å². The Bertz CT molecular complexity index is 847. The van der Waals surface area contributed by atoms with E-state index in [0.717, 1.165) is 32.5 Å². The van der Waals surface area contributed by atoms with Crippen molar-refractivity contribution in [3.63, 3.8) is 0 Å². The molecule has 0 bridgehead atoms. The molecule has 2 aromatic carbocycles. The quantitative estimate of drug-likeness (QED) is 0.897. The Kier molecular flexibility index (Phi) is 4.86. The van der Waals surface area contributed by atoms with Crippen molar-refractivity contribution in [1.82, 2.24) is 4.90 Å². The van der Waals surface area contributed by atoms with E-state index in [1.165, 1.54) is 11.1 Å². The summed E-state index contributed by atoms with van der Waals surface area (Å²) < 4.78 is 6.41. The lowest BCUT2D eigenvalue weighted by atomic mass is 10.1. The van der Waals surface area contributed by atoms with Crippen LogP contribution >= 0.6 is 11.6 Å². The molecule has 1 fully saturated rings. The van der Waals surface area contributed by atoms with Gasteiger partial charge >= 0.3 is 0 Å². The summed E-state index contributed by atoms with van der Waals surface area (Å²) >= 11 is 6.19. The van der Waals surface area contributed by atoms with Gasteiger partial charge in [-0.2, -0.15) is 5.26 Å². The van der Waals surface area contributed by atoms with Gasteiger partial charge in [-0.05, 0) is 55.1 Å². The van der Waals surface area contributed by atoms with Crippen LogP contribution in [0.5, 0.6) is 5.75 Å². The van der Waals surface area contributed by atoms with E-state index >= 15 is 0 Å². The number of likely N-dealkylation sites (tertiary alicyclic amines) is 1. The number of nitrogens with two attached hydrogens (primary N) is 1. The van der Waals surface area contributed by atoms with Crippen molar-refractivity contribution in [3.05, 3.63) is 64.2 Å². The number of hydrogen-bond donors (Lipinski definition) is 1. The van der Waals surface area contributed by atoms with E-state index in [0.29, 0.717) is 28.3 Å². The summed E-state index contributed by atoms with van der Waals surface area (Å²) in [6.45, 7) is 2.84. The Morgan fingerprint density at radius 1 is 1.27 bits per heavy atom. The first-order chi connectivity index (χ1) is 12.7. The smallest absolute Gasteiger partial charge is 0.140 e. The van der Waals surface area contributed by atoms with Crippen molar-refractivity contribution in [3.8, 4) is 11.8 Å². The molecule has 4 nitrogen and oxygen atoms in total. The number of hydrogen-bond acceptors (Lipinski definition) is 4. The van der Waals surface area contributed by atoms with Gasteiger partial charge in [0.15, 0.2) is 0 Å². The van der Waals surface area contributed by atoms with Crippen molar-refractivity contribution >= 4 is 11.6 Å². The first-order valence-corrected chi connectivity index (χ1v) is 9.45. The van der Waals surface area contributed by atoms with Gasteiger partial charge in [-0.25, -0.2) is 0 Å². The molecule has 1 heterocycles. The van der Waals surface area contributed by atoms with Crippen LogP contribution in [-0.2, 0) is 6.42 Å². The molecule has 0 amide bonds. The molecule has 134 valence electrons. The molecule has 0 spiro atoms. The van der Waals surface area contributed by atoms with E-state index < -0.39 is 0 Å². The Morgan fingerprint density at radius 2 is 2.12 bits per heavy atom. The van der Waals surface area contributed by atoms with Crippen LogP contribution in [0.2, 0.25) is 5.02 Å². The van der Waals surface area contributed by atoms with Crippen LogP contribution in [0.1, 0.15) is 29.2 Å². The summed E-state index contributed by atoms with van der Waals surface area (Å²) in [6, 6.07) is 16.2. The van der Waals surface area contributed by atoms with Gasteiger partial charge in [0.1, 0.15) is 17.9 Å². The number of fused-ring (bicyclic) bond motifs is 1. The van der Waals surface area contributed by atoms with E-state index in [4.69, 9.17) is 27.3 Å². The second-order valence-corrected chi connectivity index (χ2v) is 7.55. The van der Waals surface area contributed by atoms with E-state index in [1.807, 2.05) is 6.07 Å². The highest BCUT2D eigenvalue weighted by Gasteiger charge is 2.40. The van der Waals surface area contributed by atoms with Crippen LogP contribution < -0.4 is 10.5 Å². The predicted octanol–water partition coefficient (Wildman–Crippen LogP) is 3.54. The lowest BCUT2D eigenvalue weighted by Gasteiger charge is -2.30. The monoisotopic (exact) mass is 367 g/mol. The zero-order valence-electron chi connectivity index (χ0n) is 14.6. The SMILES string of the molecule is N#Cc1ccc(O[C@@H]2c3ccccc3C[C@H]2N2CCC(CN)C2)cc1Cl. The fraction of sp³-hybridized carbons (Fsp3) is 0.381. The first-order valence-electron chi connectivity index (χ1n) is 9.08. The van der Waals surface area contributed by atoms with Crippen molar-refractivity contribution in [2.24, 2.45) is 11.7 Å². The maximum atomic E-state index is 9.07. The molecule has 3 atom stereocenters.